The number of rotatable bonds is 10. The van der Waals surface area contributed by atoms with Gasteiger partial charge < -0.3 is 14.8 Å². The van der Waals surface area contributed by atoms with Crippen molar-refractivity contribution in [3.63, 3.8) is 0 Å². The van der Waals surface area contributed by atoms with Gasteiger partial charge in [0.05, 0.1) is 20.0 Å². The number of nitrogens with zero attached hydrogens (tertiary/aromatic N) is 2. The SMILES string of the molecule is COc1ccc(CCNC(=O)CSc2n[nH]c(Cc3cccs3)n2)cc1OC. The van der Waals surface area contributed by atoms with Gasteiger partial charge in [0.15, 0.2) is 11.5 Å². The van der Waals surface area contributed by atoms with E-state index in [0.29, 0.717) is 29.6 Å². The lowest BCUT2D eigenvalue weighted by atomic mass is 10.1. The second kappa shape index (κ2) is 10.1. The van der Waals surface area contributed by atoms with Crippen LogP contribution in [0.1, 0.15) is 16.3 Å². The number of carbonyl (C=O) groups is 1. The molecule has 0 bridgehead atoms. The molecule has 0 aliphatic carbocycles. The number of thioether (sulfide) groups is 1. The van der Waals surface area contributed by atoms with Gasteiger partial charge in [0, 0.05) is 17.8 Å². The molecule has 0 aliphatic heterocycles. The monoisotopic (exact) mass is 418 g/mol. The molecular weight excluding hydrogens is 396 g/mol. The van der Waals surface area contributed by atoms with Crippen LogP contribution in [0.2, 0.25) is 0 Å². The van der Waals surface area contributed by atoms with Crippen molar-refractivity contribution in [2.75, 3.05) is 26.5 Å². The highest BCUT2D eigenvalue weighted by atomic mass is 32.2. The molecule has 3 aromatic rings. The van der Waals surface area contributed by atoms with Crippen molar-refractivity contribution >= 4 is 29.0 Å². The normalized spacial score (nSPS) is 10.6. The molecule has 0 spiro atoms. The van der Waals surface area contributed by atoms with Crippen LogP contribution in [0.15, 0.2) is 40.9 Å². The summed E-state index contributed by atoms with van der Waals surface area (Å²) in [7, 11) is 3.21. The highest BCUT2D eigenvalue weighted by Crippen LogP contribution is 2.27. The van der Waals surface area contributed by atoms with E-state index < -0.39 is 0 Å². The van der Waals surface area contributed by atoms with E-state index in [1.165, 1.54) is 16.6 Å². The molecule has 9 heteroatoms. The number of nitrogens with one attached hydrogen (secondary N) is 2. The van der Waals surface area contributed by atoms with Crippen molar-refractivity contribution in [1.29, 1.82) is 0 Å². The van der Waals surface area contributed by atoms with Crippen molar-refractivity contribution in [2.24, 2.45) is 0 Å². The third-order valence-electron chi connectivity index (χ3n) is 3.95. The number of thiophene rings is 1. The van der Waals surface area contributed by atoms with E-state index in [-0.39, 0.29) is 11.7 Å². The van der Waals surface area contributed by atoms with Crippen molar-refractivity contribution < 1.29 is 14.3 Å². The fourth-order valence-corrected chi connectivity index (χ4v) is 3.92. The van der Waals surface area contributed by atoms with E-state index in [4.69, 9.17) is 9.47 Å². The van der Waals surface area contributed by atoms with E-state index in [1.54, 1.807) is 25.6 Å². The van der Waals surface area contributed by atoms with Gasteiger partial charge in [-0.1, -0.05) is 23.9 Å². The Hall–Kier alpha value is -2.52. The molecule has 148 valence electrons. The second-order valence-corrected chi connectivity index (χ2v) is 7.87. The first-order chi connectivity index (χ1) is 13.7. The Labute approximate surface area is 171 Å². The molecule has 0 saturated heterocycles. The molecule has 0 radical (unpaired) electrons. The Bertz CT molecular complexity index is 896. The molecule has 1 aromatic carbocycles. The van der Waals surface area contributed by atoms with Gasteiger partial charge in [-0.05, 0) is 35.6 Å². The van der Waals surface area contributed by atoms with Crippen LogP contribution in [-0.2, 0) is 17.6 Å². The minimum Gasteiger partial charge on any atom is -0.493 e. The topological polar surface area (TPSA) is 89.1 Å². The van der Waals surface area contributed by atoms with Crippen LogP contribution in [0.25, 0.3) is 0 Å². The van der Waals surface area contributed by atoms with Crippen LogP contribution in [0, 0.1) is 0 Å². The predicted molar refractivity (Wildman–Crippen MR) is 110 cm³/mol. The standard InChI is InChI=1S/C19H22N4O3S2/c1-25-15-6-5-13(10-16(15)26-2)7-8-20-18(24)12-28-19-21-17(22-23-19)11-14-4-3-9-27-14/h3-6,9-10H,7-8,11-12H2,1-2H3,(H,20,24)(H,21,22,23). The quantitative estimate of drug-likeness (QED) is 0.492. The first-order valence-corrected chi connectivity index (χ1v) is 10.6. The second-order valence-electron chi connectivity index (χ2n) is 5.90. The number of H-pyrrole nitrogens is 1. The van der Waals surface area contributed by atoms with Gasteiger partial charge in [-0.2, -0.15) is 0 Å². The number of hydrogen-bond acceptors (Lipinski definition) is 7. The molecule has 3 rings (SSSR count). The lowest BCUT2D eigenvalue weighted by Crippen LogP contribution is -2.27. The first-order valence-electron chi connectivity index (χ1n) is 8.72. The lowest BCUT2D eigenvalue weighted by Gasteiger charge is -2.10. The average molecular weight is 419 g/mol. The third-order valence-corrected chi connectivity index (χ3v) is 5.67. The summed E-state index contributed by atoms with van der Waals surface area (Å²) in [6.07, 6.45) is 1.44. The van der Waals surface area contributed by atoms with Gasteiger partial charge in [-0.25, -0.2) is 4.98 Å². The van der Waals surface area contributed by atoms with Crippen LogP contribution in [-0.4, -0.2) is 47.6 Å². The number of aromatic amines is 1. The van der Waals surface area contributed by atoms with Crippen LogP contribution < -0.4 is 14.8 Å². The van der Waals surface area contributed by atoms with Crippen LogP contribution in [0.4, 0.5) is 0 Å². The van der Waals surface area contributed by atoms with Gasteiger partial charge in [-0.15, -0.1) is 16.4 Å². The molecule has 28 heavy (non-hydrogen) atoms. The fraction of sp³-hybridized carbons (Fsp3) is 0.316. The summed E-state index contributed by atoms with van der Waals surface area (Å²) in [6.45, 7) is 0.548. The summed E-state index contributed by atoms with van der Waals surface area (Å²) < 4.78 is 10.5. The third kappa shape index (κ3) is 5.74. The van der Waals surface area contributed by atoms with E-state index in [9.17, 15) is 4.79 Å². The van der Waals surface area contributed by atoms with Crippen LogP contribution in [0.5, 0.6) is 11.5 Å². The number of ether oxygens (including phenoxy) is 2. The summed E-state index contributed by atoms with van der Waals surface area (Å²) in [4.78, 5) is 17.7. The van der Waals surface area contributed by atoms with E-state index in [2.05, 4.69) is 26.6 Å². The Kier molecular flexibility index (Phi) is 7.32. The van der Waals surface area contributed by atoms with Crippen LogP contribution in [0.3, 0.4) is 0 Å². The summed E-state index contributed by atoms with van der Waals surface area (Å²) in [6, 6.07) is 9.82. The number of hydrogen-bond donors (Lipinski definition) is 2. The Morgan fingerprint density at radius 2 is 2.11 bits per heavy atom. The maximum atomic E-state index is 12.1. The van der Waals surface area contributed by atoms with Gasteiger partial charge in [-0.3, -0.25) is 9.89 Å². The van der Waals surface area contributed by atoms with Crippen molar-refractivity contribution in [3.8, 4) is 11.5 Å². The van der Waals surface area contributed by atoms with Crippen molar-refractivity contribution in [3.05, 3.63) is 52.0 Å². The zero-order chi connectivity index (χ0) is 19.8. The summed E-state index contributed by atoms with van der Waals surface area (Å²) in [5.74, 6) is 2.41. The van der Waals surface area contributed by atoms with E-state index in [1.807, 2.05) is 29.6 Å². The number of carbonyl (C=O) groups excluding carboxylic acids is 1. The molecule has 1 amide bonds. The molecular formula is C19H22N4O3S2. The number of amides is 1. The Balaban J connectivity index is 1.39. The summed E-state index contributed by atoms with van der Waals surface area (Å²) in [5, 5.41) is 12.6. The largest absolute Gasteiger partial charge is 0.493 e. The van der Waals surface area contributed by atoms with E-state index >= 15 is 0 Å². The molecule has 2 aromatic heterocycles. The number of aromatic nitrogens is 3. The Morgan fingerprint density at radius 1 is 1.25 bits per heavy atom. The molecule has 0 atom stereocenters. The summed E-state index contributed by atoms with van der Waals surface area (Å²) >= 11 is 3.00. The van der Waals surface area contributed by atoms with E-state index in [0.717, 1.165) is 17.8 Å². The molecule has 0 saturated carbocycles. The molecule has 0 unspecified atom stereocenters. The van der Waals surface area contributed by atoms with Gasteiger partial charge in [0.1, 0.15) is 5.82 Å². The fourth-order valence-electron chi connectivity index (χ4n) is 2.56. The van der Waals surface area contributed by atoms with Crippen molar-refractivity contribution in [2.45, 2.75) is 18.0 Å². The smallest absolute Gasteiger partial charge is 0.230 e. The molecule has 2 heterocycles. The lowest BCUT2D eigenvalue weighted by molar-refractivity contribution is -0.118. The first kappa shape index (κ1) is 20.2. The average Bonchev–Trinajstić information content (AvgIpc) is 3.38. The highest BCUT2D eigenvalue weighted by molar-refractivity contribution is 7.99. The maximum absolute atomic E-state index is 12.1. The minimum atomic E-state index is -0.0462. The maximum Gasteiger partial charge on any atom is 0.230 e. The predicted octanol–water partition coefficient (Wildman–Crippen LogP) is 2.93. The zero-order valence-corrected chi connectivity index (χ0v) is 17.4. The molecule has 0 fully saturated rings. The molecule has 7 nitrogen and oxygen atoms in total. The number of benzene rings is 1. The zero-order valence-electron chi connectivity index (χ0n) is 15.7. The van der Waals surface area contributed by atoms with Gasteiger partial charge in [0.2, 0.25) is 11.1 Å². The number of methoxy groups -OCH3 is 2. The Morgan fingerprint density at radius 3 is 2.86 bits per heavy atom. The van der Waals surface area contributed by atoms with Gasteiger partial charge >= 0.3 is 0 Å². The van der Waals surface area contributed by atoms with Crippen LogP contribution >= 0.6 is 23.1 Å². The molecule has 0 aliphatic rings. The van der Waals surface area contributed by atoms with Crippen molar-refractivity contribution in [1.82, 2.24) is 20.5 Å². The molecule has 2 N–H and O–H groups in total. The van der Waals surface area contributed by atoms with Gasteiger partial charge in [0.25, 0.3) is 0 Å². The summed E-state index contributed by atoms with van der Waals surface area (Å²) in [5.41, 5.74) is 1.07. The highest BCUT2D eigenvalue weighted by Gasteiger charge is 2.09. The minimum absolute atomic E-state index is 0.0462.